The average Bonchev–Trinajstić information content (AvgIpc) is 3.15. The van der Waals surface area contributed by atoms with Gasteiger partial charge in [-0.15, -0.1) is 0 Å². The Kier molecular flexibility index (Phi) is 23.3. The van der Waals surface area contributed by atoms with Crippen LogP contribution >= 0.6 is 0 Å². The SMILES string of the molecule is NC(=O)C[C@H](NC(=O)[C@H](CO)NC(=O)CNC(=O)[C@H](CO)NC(=O)CNC(=O)[C@H](CO)NC(=O)[C@H](CO)NC(=O)C[NH3+])C(=O)NCC(=O)N[C@@H](CC(=O)[O-])C(=O)[O-]. The van der Waals surface area contributed by atoms with Crippen molar-refractivity contribution in [2.24, 2.45) is 5.73 Å². The lowest BCUT2D eigenvalue weighted by molar-refractivity contribution is -0.355. The molecule has 0 aromatic heterocycles. The number of aliphatic carboxylic acids is 2. The van der Waals surface area contributed by atoms with Gasteiger partial charge in [0.05, 0.1) is 64.5 Å². The molecule has 0 aliphatic carbocycles. The molecule has 0 fully saturated rings. The summed E-state index contributed by atoms with van der Waals surface area (Å²) in [7, 11) is 0. The molecular formula is C28H44N11O18-. The van der Waals surface area contributed by atoms with Crippen LogP contribution < -0.4 is 69.5 Å². The minimum atomic E-state index is -2.03. The van der Waals surface area contributed by atoms with Crippen molar-refractivity contribution in [1.29, 1.82) is 0 Å². The number of hydrogen-bond donors (Lipinski definition) is 15. The molecule has 0 aromatic carbocycles. The number of hydrogen-bond acceptors (Lipinski definition) is 18. The highest BCUT2D eigenvalue weighted by Gasteiger charge is 2.30. The van der Waals surface area contributed by atoms with Crippen LogP contribution in [-0.2, 0) is 57.5 Å². The first-order valence-corrected chi connectivity index (χ1v) is 16.3. The summed E-state index contributed by atoms with van der Waals surface area (Å²) in [4.78, 5) is 144. The molecule has 29 heteroatoms. The van der Waals surface area contributed by atoms with E-state index in [-0.39, 0.29) is 6.54 Å². The van der Waals surface area contributed by atoms with Gasteiger partial charge in [-0.1, -0.05) is 0 Å². The first-order chi connectivity index (χ1) is 26.7. The Bertz CT molecular complexity index is 1510. The van der Waals surface area contributed by atoms with E-state index in [4.69, 9.17) is 5.73 Å². The van der Waals surface area contributed by atoms with Crippen molar-refractivity contribution in [3.63, 3.8) is 0 Å². The van der Waals surface area contributed by atoms with E-state index in [0.717, 1.165) is 0 Å². The Hall–Kier alpha value is -6.56. The molecule has 0 radical (unpaired) electrons. The fourth-order valence-corrected chi connectivity index (χ4v) is 3.97. The highest BCUT2D eigenvalue weighted by molar-refractivity contribution is 5.97. The predicted molar refractivity (Wildman–Crippen MR) is 175 cm³/mol. The third kappa shape index (κ3) is 20.1. The van der Waals surface area contributed by atoms with Gasteiger partial charge in [0.2, 0.25) is 53.2 Å². The number of aliphatic hydroxyl groups is 4. The van der Waals surface area contributed by atoms with Gasteiger partial charge in [0.15, 0.2) is 6.54 Å². The summed E-state index contributed by atoms with van der Waals surface area (Å²) in [6, 6.07) is -10.6. The molecular weight excluding hydrogens is 778 g/mol. The Morgan fingerprint density at radius 2 is 0.772 bits per heavy atom. The second-order valence-corrected chi connectivity index (χ2v) is 11.3. The number of quaternary nitrogens is 1. The Morgan fingerprint density at radius 3 is 1.11 bits per heavy atom. The van der Waals surface area contributed by atoms with E-state index < -0.39 is 166 Å². The zero-order valence-corrected chi connectivity index (χ0v) is 29.8. The monoisotopic (exact) mass is 822 g/mol. The van der Waals surface area contributed by atoms with Crippen LogP contribution in [0.4, 0.5) is 0 Å². The van der Waals surface area contributed by atoms with Crippen LogP contribution in [0.3, 0.4) is 0 Å². The number of aliphatic hydroxyl groups excluding tert-OH is 4. The number of primary amides is 1. The standard InChI is InChI=1S/C28H45N11O18/c29-3-18(45)35-15(9-42)27(55)39-14(8-41)25(53)33-5-20(47)36-13(7-40)24(52)32-6-21(48)37-16(10-43)26(54)38-11(1-17(30)44)23(51)31-4-19(46)34-12(28(56)57)2-22(49)50/h11-16,40-43H,1-10,29H2,(H2,30,44)(H,31,51)(H,32,52)(H,33,53)(H,34,46)(H,35,45)(H,36,47)(H,37,48)(H,38,54)(H,39,55)(H,49,50)(H,56,57)/p-1/t11-,12-,13-,14-,15-,16-/m0/s1. The molecule has 0 saturated heterocycles. The predicted octanol–water partition coefficient (Wildman–Crippen LogP) is -15.8. The van der Waals surface area contributed by atoms with E-state index in [2.05, 4.69) is 11.1 Å². The number of carbonyl (C=O) groups excluding carboxylic acids is 12. The summed E-state index contributed by atoms with van der Waals surface area (Å²) in [6.45, 7) is -7.12. The van der Waals surface area contributed by atoms with E-state index in [9.17, 15) is 88.2 Å². The van der Waals surface area contributed by atoms with Crippen LogP contribution in [0, 0.1) is 0 Å². The highest BCUT2D eigenvalue weighted by Crippen LogP contribution is 1.96. The molecule has 57 heavy (non-hydrogen) atoms. The molecule has 320 valence electrons. The Labute approximate surface area is 320 Å². The van der Waals surface area contributed by atoms with Gasteiger partial charge in [-0.3, -0.25) is 47.9 Å². The van der Waals surface area contributed by atoms with Gasteiger partial charge in [0.1, 0.15) is 30.2 Å². The zero-order valence-electron chi connectivity index (χ0n) is 29.8. The van der Waals surface area contributed by atoms with Gasteiger partial charge in [-0.05, 0) is 0 Å². The third-order valence-corrected chi connectivity index (χ3v) is 6.84. The van der Waals surface area contributed by atoms with Gasteiger partial charge in [-0.25, -0.2) is 0 Å². The van der Waals surface area contributed by atoms with Crippen LogP contribution in [0.5, 0.6) is 0 Å². The van der Waals surface area contributed by atoms with Crippen molar-refractivity contribution in [2.75, 3.05) is 52.6 Å². The van der Waals surface area contributed by atoms with Crippen molar-refractivity contribution in [3.8, 4) is 0 Å². The molecule has 0 aliphatic heterocycles. The maximum atomic E-state index is 12.7. The molecule has 0 bridgehead atoms. The summed E-state index contributed by atoms with van der Waals surface area (Å²) in [5, 5.41) is 77.4. The minimum absolute atomic E-state index is 0.274. The molecule has 29 nitrogen and oxygen atoms in total. The van der Waals surface area contributed by atoms with Gasteiger partial charge >= 0.3 is 0 Å². The molecule has 0 aromatic rings. The second-order valence-electron chi connectivity index (χ2n) is 11.3. The summed E-state index contributed by atoms with van der Waals surface area (Å²) < 4.78 is 0. The summed E-state index contributed by atoms with van der Waals surface area (Å²) in [6.07, 6.45) is -2.07. The maximum Gasteiger partial charge on any atom is 0.275 e. The summed E-state index contributed by atoms with van der Waals surface area (Å²) >= 11 is 0. The number of nitrogens with two attached hydrogens (primary N) is 1. The van der Waals surface area contributed by atoms with Crippen molar-refractivity contribution in [2.45, 2.75) is 49.1 Å². The van der Waals surface area contributed by atoms with E-state index in [1.165, 1.54) is 0 Å². The van der Waals surface area contributed by atoms with E-state index in [1.807, 2.05) is 37.2 Å². The van der Waals surface area contributed by atoms with E-state index in [0.29, 0.717) is 0 Å². The number of rotatable bonds is 27. The molecule has 10 amide bonds. The Morgan fingerprint density at radius 1 is 0.456 bits per heavy atom. The number of carboxylic acid groups (broad SMARTS) is 2. The summed E-state index contributed by atoms with van der Waals surface area (Å²) in [5.74, 6) is -15.1. The number of carbonyl (C=O) groups is 12. The fraction of sp³-hybridized carbons (Fsp3) is 0.571. The van der Waals surface area contributed by atoms with Gasteiger partial charge < -0.3 is 99.5 Å². The van der Waals surface area contributed by atoms with Crippen molar-refractivity contribution < 1.29 is 93.9 Å². The minimum Gasteiger partial charge on any atom is -0.550 e. The lowest BCUT2D eigenvalue weighted by atomic mass is 10.1. The van der Waals surface area contributed by atoms with Gasteiger partial charge in [0, 0.05) is 12.4 Å². The highest BCUT2D eigenvalue weighted by atomic mass is 16.4. The van der Waals surface area contributed by atoms with E-state index in [1.54, 1.807) is 5.32 Å². The summed E-state index contributed by atoms with van der Waals surface area (Å²) in [5.41, 5.74) is 8.37. The quantitative estimate of drug-likeness (QED) is 0.0366. The molecule has 0 aliphatic rings. The van der Waals surface area contributed by atoms with Crippen LogP contribution in [0.15, 0.2) is 0 Å². The third-order valence-electron chi connectivity index (χ3n) is 6.84. The molecule has 18 N–H and O–H groups in total. The lowest BCUT2D eigenvalue weighted by Crippen LogP contribution is -2.62. The van der Waals surface area contributed by atoms with Crippen LogP contribution in [0.25, 0.3) is 0 Å². The van der Waals surface area contributed by atoms with Crippen molar-refractivity contribution >= 4 is 71.0 Å². The number of carboxylic acids is 2. The first kappa shape index (κ1) is 50.4. The lowest BCUT2D eigenvalue weighted by Gasteiger charge is -2.22. The normalized spacial score (nSPS) is 13.6. The fourth-order valence-electron chi connectivity index (χ4n) is 3.97. The van der Waals surface area contributed by atoms with Crippen molar-refractivity contribution in [1.82, 2.24) is 47.9 Å². The first-order valence-electron chi connectivity index (χ1n) is 16.3. The molecule has 0 unspecified atom stereocenters. The zero-order chi connectivity index (χ0) is 43.8. The molecule has 0 saturated carbocycles. The maximum absolute atomic E-state index is 12.7. The van der Waals surface area contributed by atoms with Crippen LogP contribution in [-0.4, -0.2) is 180 Å². The van der Waals surface area contributed by atoms with Gasteiger partial charge in [0.25, 0.3) is 5.91 Å². The average molecular weight is 823 g/mol. The van der Waals surface area contributed by atoms with Crippen molar-refractivity contribution in [3.05, 3.63) is 0 Å². The largest absolute Gasteiger partial charge is 0.550 e. The van der Waals surface area contributed by atoms with E-state index >= 15 is 0 Å². The topological polar surface area (TPSA) is 494 Å². The van der Waals surface area contributed by atoms with Crippen LogP contribution in [0.2, 0.25) is 0 Å². The Balaban J connectivity index is 5.15. The smallest absolute Gasteiger partial charge is 0.275 e. The number of nitrogens with one attached hydrogen (secondary N) is 9. The second kappa shape index (κ2) is 26.3. The molecule has 0 heterocycles. The molecule has 0 spiro atoms. The van der Waals surface area contributed by atoms with Gasteiger partial charge in [-0.2, -0.15) is 0 Å². The molecule has 6 atom stereocenters. The van der Waals surface area contributed by atoms with Crippen LogP contribution in [0.1, 0.15) is 12.8 Å². The molecule has 0 rings (SSSR count). The number of amides is 10.